The second-order valence-electron chi connectivity index (χ2n) is 3.80. The zero-order chi connectivity index (χ0) is 13.6. The van der Waals surface area contributed by atoms with Gasteiger partial charge in [-0.15, -0.1) is 0 Å². The van der Waals surface area contributed by atoms with Crippen LogP contribution in [0.5, 0.6) is 5.75 Å². The molecule has 0 bridgehead atoms. The van der Waals surface area contributed by atoms with Crippen molar-refractivity contribution in [2.24, 2.45) is 5.73 Å². The van der Waals surface area contributed by atoms with E-state index < -0.39 is 11.7 Å². The second-order valence-corrected chi connectivity index (χ2v) is 4.32. The normalized spacial score (nSPS) is 11.3. The third-order valence-corrected chi connectivity index (χ3v) is 2.45. The summed E-state index contributed by atoms with van der Waals surface area (Å²) < 4.78 is 42.5. The van der Waals surface area contributed by atoms with Crippen molar-refractivity contribution >= 4 is 17.2 Å². The molecule has 0 atom stereocenters. The minimum absolute atomic E-state index is 0.222. The number of thiocarbonyl (C=S) groups is 1. The van der Waals surface area contributed by atoms with E-state index in [0.717, 1.165) is 18.6 Å². The van der Waals surface area contributed by atoms with E-state index >= 15 is 0 Å². The van der Waals surface area contributed by atoms with Gasteiger partial charge in [0.25, 0.3) is 0 Å². The Morgan fingerprint density at radius 3 is 2.61 bits per heavy atom. The Morgan fingerprint density at radius 1 is 1.28 bits per heavy atom. The van der Waals surface area contributed by atoms with Gasteiger partial charge in [-0.05, 0) is 37.5 Å². The summed E-state index contributed by atoms with van der Waals surface area (Å²) in [7, 11) is 0. The minimum Gasteiger partial charge on any atom is -0.494 e. The lowest BCUT2D eigenvalue weighted by Crippen LogP contribution is -2.08. The number of unbranched alkanes of at least 4 members (excludes halogenated alkanes) is 1. The van der Waals surface area contributed by atoms with Crippen LogP contribution in [0, 0.1) is 0 Å². The molecule has 0 aliphatic heterocycles. The van der Waals surface area contributed by atoms with Crippen LogP contribution in [0.1, 0.15) is 24.8 Å². The third-order valence-electron chi connectivity index (χ3n) is 2.25. The van der Waals surface area contributed by atoms with Crippen LogP contribution in [-0.2, 0) is 6.18 Å². The first-order chi connectivity index (χ1) is 8.39. The Hall–Kier alpha value is -1.30. The Kier molecular flexibility index (Phi) is 5.40. The van der Waals surface area contributed by atoms with Crippen LogP contribution >= 0.6 is 12.2 Å². The van der Waals surface area contributed by atoms with Crippen LogP contribution in [-0.4, -0.2) is 11.6 Å². The fraction of sp³-hybridized carbons (Fsp3) is 0.417. The van der Waals surface area contributed by atoms with Gasteiger partial charge in [0.1, 0.15) is 5.75 Å². The molecule has 0 radical (unpaired) electrons. The standard InChI is InChI=1S/C12H14F3NOS/c13-12(14,15)9-4-3-5-10(8-9)17-7-2-1-6-11(16)18/h3-5,8H,1-2,6-7H2,(H2,16,18). The summed E-state index contributed by atoms with van der Waals surface area (Å²) in [4.78, 5) is 0.439. The van der Waals surface area contributed by atoms with Crippen molar-refractivity contribution in [1.82, 2.24) is 0 Å². The molecule has 1 rings (SSSR count). The summed E-state index contributed by atoms with van der Waals surface area (Å²) in [6.45, 7) is 0.351. The van der Waals surface area contributed by atoms with Gasteiger partial charge in [-0.1, -0.05) is 18.3 Å². The van der Waals surface area contributed by atoms with Crippen LogP contribution in [0.25, 0.3) is 0 Å². The molecule has 2 N–H and O–H groups in total. The molecule has 2 nitrogen and oxygen atoms in total. The topological polar surface area (TPSA) is 35.2 Å². The molecular weight excluding hydrogens is 263 g/mol. The average Bonchev–Trinajstić information content (AvgIpc) is 2.27. The van der Waals surface area contributed by atoms with E-state index in [4.69, 9.17) is 22.7 Å². The Bertz CT molecular complexity index is 407. The van der Waals surface area contributed by atoms with Crippen LogP contribution < -0.4 is 10.5 Å². The number of hydrogen-bond acceptors (Lipinski definition) is 2. The lowest BCUT2D eigenvalue weighted by molar-refractivity contribution is -0.137. The van der Waals surface area contributed by atoms with Gasteiger partial charge >= 0.3 is 6.18 Å². The van der Waals surface area contributed by atoms with Crippen LogP contribution in [0.2, 0.25) is 0 Å². The van der Waals surface area contributed by atoms with Gasteiger partial charge in [-0.3, -0.25) is 0 Å². The highest BCUT2D eigenvalue weighted by Gasteiger charge is 2.30. The quantitative estimate of drug-likeness (QED) is 0.638. The molecule has 0 fully saturated rings. The molecule has 0 saturated heterocycles. The van der Waals surface area contributed by atoms with Crippen molar-refractivity contribution in [3.8, 4) is 5.75 Å². The van der Waals surface area contributed by atoms with Crippen LogP contribution in [0.3, 0.4) is 0 Å². The van der Waals surface area contributed by atoms with Crippen molar-refractivity contribution < 1.29 is 17.9 Å². The Balaban J connectivity index is 2.41. The smallest absolute Gasteiger partial charge is 0.416 e. The zero-order valence-corrected chi connectivity index (χ0v) is 10.5. The first kappa shape index (κ1) is 14.8. The van der Waals surface area contributed by atoms with Gasteiger partial charge in [0.05, 0.1) is 17.2 Å². The summed E-state index contributed by atoms with van der Waals surface area (Å²) in [5.41, 5.74) is 4.61. The molecule has 1 aromatic rings. The SMILES string of the molecule is NC(=S)CCCCOc1cccc(C(F)(F)F)c1. The van der Waals surface area contributed by atoms with Gasteiger partial charge in [-0.25, -0.2) is 0 Å². The molecule has 0 aliphatic carbocycles. The third kappa shape index (κ3) is 5.35. The maximum atomic E-state index is 12.4. The van der Waals surface area contributed by atoms with E-state index in [-0.39, 0.29) is 5.75 Å². The number of hydrogen-bond donors (Lipinski definition) is 1. The minimum atomic E-state index is -4.34. The molecule has 100 valence electrons. The summed E-state index contributed by atoms with van der Waals surface area (Å²) in [5, 5.41) is 0. The van der Waals surface area contributed by atoms with Gasteiger partial charge in [0, 0.05) is 0 Å². The molecular formula is C12H14F3NOS. The number of benzene rings is 1. The van der Waals surface area contributed by atoms with Crippen LogP contribution in [0.15, 0.2) is 24.3 Å². The Labute approximate surface area is 109 Å². The summed E-state index contributed by atoms with van der Waals surface area (Å²) in [5.74, 6) is 0.222. The maximum absolute atomic E-state index is 12.4. The molecule has 18 heavy (non-hydrogen) atoms. The molecule has 0 aliphatic rings. The molecule has 0 unspecified atom stereocenters. The predicted octanol–water partition coefficient (Wildman–Crippen LogP) is 3.54. The first-order valence-electron chi connectivity index (χ1n) is 5.48. The average molecular weight is 277 g/mol. The van der Waals surface area contributed by atoms with E-state index in [0.29, 0.717) is 24.4 Å². The van der Waals surface area contributed by atoms with E-state index in [1.807, 2.05) is 0 Å². The molecule has 0 aromatic heterocycles. The van der Waals surface area contributed by atoms with Crippen molar-refractivity contribution in [2.45, 2.75) is 25.4 Å². The zero-order valence-electron chi connectivity index (χ0n) is 9.67. The highest BCUT2D eigenvalue weighted by atomic mass is 32.1. The van der Waals surface area contributed by atoms with Gasteiger partial charge < -0.3 is 10.5 Å². The molecule has 0 saturated carbocycles. The largest absolute Gasteiger partial charge is 0.494 e. The fourth-order valence-corrected chi connectivity index (χ4v) is 1.50. The lowest BCUT2D eigenvalue weighted by atomic mass is 10.2. The summed E-state index contributed by atoms with van der Waals surface area (Å²) in [6.07, 6.45) is -2.24. The number of ether oxygens (including phenoxy) is 1. The van der Waals surface area contributed by atoms with Crippen molar-refractivity contribution in [2.75, 3.05) is 6.61 Å². The van der Waals surface area contributed by atoms with Gasteiger partial charge in [-0.2, -0.15) is 13.2 Å². The Morgan fingerprint density at radius 2 is 2.00 bits per heavy atom. The van der Waals surface area contributed by atoms with Crippen LogP contribution in [0.4, 0.5) is 13.2 Å². The highest BCUT2D eigenvalue weighted by molar-refractivity contribution is 7.80. The summed E-state index contributed by atoms with van der Waals surface area (Å²) >= 11 is 4.71. The summed E-state index contributed by atoms with van der Waals surface area (Å²) in [6, 6.07) is 4.84. The highest BCUT2D eigenvalue weighted by Crippen LogP contribution is 2.31. The molecule has 6 heteroatoms. The molecule has 0 spiro atoms. The van der Waals surface area contributed by atoms with Crippen molar-refractivity contribution in [3.05, 3.63) is 29.8 Å². The van der Waals surface area contributed by atoms with E-state index in [2.05, 4.69) is 0 Å². The number of nitrogens with two attached hydrogens (primary N) is 1. The maximum Gasteiger partial charge on any atom is 0.416 e. The first-order valence-corrected chi connectivity index (χ1v) is 5.89. The number of alkyl halides is 3. The fourth-order valence-electron chi connectivity index (χ4n) is 1.35. The molecule has 0 amide bonds. The molecule has 0 heterocycles. The van der Waals surface area contributed by atoms with E-state index in [1.54, 1.807) is 0 Å². The second kappa shape index (κ2) is 6.58. The van der Waals surface area contributed by atoms with Gasteiger partial charge in [0.15, 0.2) is 0 Å². The predicted molar refractivity (Wildman–Crippen MR) is 67.6 cm³/mol. The van der Waals surface area contributed by atoms with Crippen molar-refractivity contribution in [1.29, 1.82) is 0 Å². The number of rotatable bonds is 6. The lowest BCUT2D eigenvalue weighted by Gasteiger charge is -2.10. The van der Waals surface area contributed by atoms with E-state index in [1.165, 1.54) is 12.1 Å². The monoisotopic (exact) mass is 277 g/mol. The molecule has 1 aromatic carbocycles. The van der Waals surface area contributed by atoms with E-state index in [9.17, 15) is 13.2 Å². The van der Waals surface area contributed by atoms with Crippen molar-refractivity contribution in [3.63, 3.8) is 0 Å². The van der Waals surface area contributed by atoms with Gasteiger partial charge in [0.2, 0.25) is 0 Å². The number of halogens is 3.